The van der Waals surface area contributed by atoms with Gasteiger partial charge in [0.25, 0.3) is 0 Å². The molecule has 1 aliphatic heterocycles. The van der Waals surface area contributed by atoms with Gasteiger partial charge in [-0.05, 0) is 31.6 Å². The fraction of sp³-hybridized carbons (Fsp3) is 0.733. The molecule has 4 heteroatoms. The SMILES string of the molecule is C=C(C)C(=O)OC1C(CC)C2CC1C1C(=O)OCC21. The molecule has 104 valence electrons. The largest absolute Gasteiger partial charge is 0.465 e. The first-order valence-corrected chi connectivity index (χ1v) is 7.07. The molecule has 2 aliphatic carbocycles. The summed E-state index contributed by atoms with van der Waals surface area (Å²) in [7, 11) is 0. The molecule has 0 aromatic rings. The van der Waals surface area contributed by atoms with E-state index in [0.717, 1.165) is 12.8 Å². The number of esters is 2. The summed E-state index contributed by atoms with van der Waals surface area (Å²) in [6.07, 6.45) is 1.84. The standard InChI is InChI=1S/C15H20O4/c1-4-8-9-5-10(12-11(9)6-18-15(12)17)13(8)19-14(16)7(2)3/h8-13H,2,4-6H2,1,3H3. The van der Waals surface area contributed by atoms with Gasteiger partial charge in [-0.25, -0.2) is 4.79 Å². The summed E-state index contributed by atoms with van der Waals surface area (Å²) in [5.41, 5.74) is 0.420. The Morgan fingerprint density at radius 3 is 2.79 bits per heavy atom. The number of hydrogen-bond acceptors (Lipinski definition) is 4. The molecular weight excluding hydrogens is 244 g/mol. The minimum absolute atomic E-state index is 0.0456. The normalized spacial score (nSPS) is 42.9. The van der Waals surface area contributed by atoms with Gasteiger partial charge in [-0.1, -0.05) is 13.5 Å². The fourth-order valence-electron chi connectivity index (χ4n) is 4.40. The van der Waals surface area contributed by atoms with Gasteiger partial charge >= 0.3 is 11.9 Å². The highest BCUT2D eigenvalue weighted by Gasteiger charge is 2.63. The van der Waals surface area contributed by atoms with Gasteiger partial charge in [0.05, 0.1) is 12.5 Å². The topological polar surface area (TPSA) is 52.6 Å². The van der Waals surface area contributed by atoms with Crippen molar-refractivity contribution >= 4 is 11.9 Å². The van der Waals surface area contributed by atoms with E-state index < -0.39 is 0 Å². The lowest BCUT2D eigenvalue weighted by Crippen LogP contribution is -2.41. The molecule has 2 saturated carbocycles. The molecule has 1 heterocycles. The van der Waals surface area contributed by atoms with E-state index in [1.165, 1.54) is 0 Å². The number of carbonyl (C=O) groups is 2. The number of cyclic esters (lactones) is 1. The molecule has 6 atom stereocenters. The zero-order chi connectivity index (χ0) is 13.7. The van der Waals surface area contributed by atoms with Gasteiger partial charge in [-0.2, -0.15) is 0 Å². The second-order valence-corrected chi connectivity index (χ2v) is 6.11. The van der Waals surface area contributed by atoms with Crippen molar-refractivity contribution in [2.24, 2.45) is 29.6 Å². The average Bonchev–Trinajstić information content (AvgIpc) is 3.00. The molecule has 4 nitrogen and oxygen atoms in total. The van der Waals surface area contributed by atoms with Crippen LogP contribution < -0.4 is 0 Å². The predicted octanol–water partition coefficient (Wildman–Crippen LogP) is 1.94. The summed E-state index contributed by atoms with van der Waals surface area (Å²) in [5.74, 6) is 0.858. The lowest BCUT2D eigenvalue weighted by Gasteiger charge is -2.35. The summed E-state index contributed by atoms with van der Waals surface area (Å²) in [6.45, 7) is 7.96. The molecule has 0 N–H and O–H groups in total. The lowest BCUT2D eigenvalue weighted by molar-refractivity contribution is -0.156. The van der Waals surface area contributed by atoms with E-state index in [4.69, 9.17) is 9.47 Å². The van der Waals surface area contributed by atoms with Gasteiger partial charge in [-0.15, -0.1) is 0 Å². The van der Waals surface area contributed by atoms with Crippen LogP contribution in [0, 0.1) is 29.6 Å². The van der Waals surface area contributed by atoms with E-state index >= 15 is 0 Å². The maximum Gasteiger partial charge on any atom is 0.333 e. The Morgan fingerprint density at radius 2 is 2.16 bits per heavy atom. The Bertz CT molecular complexity index is 441. The monoisotopic (exact) mass is 264 g/mol. The molecule has 0 spiro atoms. The molecular formula is C15H20O4. The second kappa shape index (κ2) is 4.36. The molecule has 0 amide bonds. The van der Waals surface area contributed by atoms with Crippen molar-refractivity contribution in [1.29, 1.82) is 0 Å². The summed E-state index contributed by atoms with van der Waals surface area (Å²) in [5, 5.41) is 0. The van der Waals surface area contributed by atoms with Gasteiger partial charge in [0.2, 0.25) is 0 Å². The Hall–Kier alpha value is -1.32. The van der Waals surface area contributed by atoms with E-state index in [2.05, 4.69) is 13.5 Å². The molecule has 1 saturated heterocycles. The molecule has 0 aromatic heterocycles. The molecule has 0 aromatic carbocycles. The molecule has 19 heavy (non-hydrogen) atoms. The smallest absolute Gasteiger partial charge is 0.333 e. The third-order valence-electron chi connectivity index (χ3n) is 5.16. The minimum Gasteiger partial charge on any atom is -0.465 e. The first-order chi connectivity index (χ1) is 9.04. The summed E-state index contributed by atoms with van der Waals surface area (Å²) in [4.78, 5) is 23.6. The zero-order valence-electron chi connectivity index (χ0n) is 11.4. The van der Waals surface area contributed by atoms with Crippen LogP contribution in [-0.2, 0) is 19.1 Å². The van der Waals surface area contributed by atoms with E-state index in [9.17, 15) is 9.59 Å². The highest BCUT2D eigenvalue weighted by molar-refractivity contribution is 5.87. The maximum absolute atomic E-state index is 11.8. The maximum atomic E-state index is 11.8. The van der Waals surface area contributed by atoms with Crippen LogP contribution in [0.1, 0.15) is 26.7 Å². The van der Waals surface area contributed by atoms with Gasteiger partial charge in [0.1, 0.15) is 6.10 Å². The summed E-state index contributed by atoms with van der Waals surface area (Å²) in [6, 6.07) is 0. The van der Waals surface area contributed by atoms with Crippen LogP contribution in [0.3, 0.4) is 0 Å². The van der Waals surface area contributed by atoms with Crippen LogP contribution in [0.5, 0.6) is 0 Å². The number of fused-ring (bicyclic) bond motifs is 5. The van der Waals surface area contributed by atoms with Gasteiger partial charge in [-0.3, -0.25) is 4.79 Å². The third kappa shape index (κ3) is 1.72. The predicted molar refractivity (Wildman–Crippen MR) is 68.0 cm³/mol. The van der Waals surface area contributed by atoms with Crippen LogP contribution in [-0.4, -0.2) is 24.6 Å². The summed E-state index contributed by atoms with van der Waals surface area (Å²) >= 11 is 0. The van der Waals surface area contributed by atoms with Crippen LogP contribution in [0.4, 0.5) is 0 Å². The third-order valence-corrected chi connectivity index (χ3v) is 5.16. The van der Waals surface area contributed by atoms with E-state index in [1.54, 1.807) is 6.92 Å². The highest BCUT2D eigenvalue weighted by atomic mass is 16.6. The summed E-state index contributed by atoms with van der Waals surface area (Å²) < 4.78 is 10.8. The Morgan fingerprint density at radius 1 is 1.42 bits per heavy atom. The zero-order valence-corrected chi connectivity index (χ0v) is 11.4. The Balaban J connectivity index is 1.82. The van der Waals surface area contributed by atoms with E-state index in [-0.39, 0.29) is 29.9 Å². The number of hydrogen-bond donors (Lipinski definition) is 0. The molecule has 3 aliphatic rings. The average molecular weight is 264 g/mol. The molecule has 3 rings (SSSR count). The number of rotatable bonds is 3. The molecule has 0 radical (unpaired) electrons. The fourth-order valence-corrected chi connectivity index (χ4v) is 4.40. The second-order valence-electron chi connectivity index (χ2n) is 6.11. The quantitative estimate of drug-likeness (QED) is 0.577. The first kappa shape index (κ1) is 12.7. The first-order valence-electron chi connectivity index (χ1n) is 7.07. The van der Waals surface area contributed by atoms with Crippen molar-refractivity contribution in [2.75, 3.05) is 6.61 Å². The van der Waals surface area contributed by atoms with Crippen molar-refractivity contribution in [3.63, 3.8) is 0 Å². The van der Waals surface area contributed by atoms with Crippen molar-refractivity contribution in [3.8, 4) is 0 Å². The van der Waals surface area contributed by atoms with Crippen LogP contribution in [0.25, 0.3) is 0 Å². The van der Waals surface area contributed by atoms with E-state index in [0.29, 0.717) is 29.9 Å². The number of ether oxygens (including phenoxy) is 2. The van der Waals surface area contributed by atoms with Crippen LogP contribution >= 0.6 is 0 Å². The van der Waals surface area contributed by atoms with Gasteiger partial charge in [0, 0.05) is 17.4 Å². The van der Waals surface area contributed by atoms with Crippen molar-refractivity contribution < 1.29 is 19.1 Å². The van der Waals surface area contributed by atoms with Crippen molar-refractivity contribution in [3.05, 3.63) is 12.2 Å². The lowest BCUT2D eigenvalue weighted by atomic mass is 9.73. The van der Waals surface area contributed by atoms with Crippen molar-refractivity contribution in [1.82, 2.24) is 0 Å². The Labute approximate surface area is 113 Å². The van der Waals surface area contributed by atoms with E-state index in [1.807, 2.05) is 0 Å². The van der Waals surface area contributed by atoms with Crippen LogP contribution in [0.2, 0.25) is 0 Å². The van der Waals surface area contributed by atoms with Gasteiger partial charge in [0.15, 0.2) is 0 Å². The molecule has 2 bridgehead atoms. The van der Waals surface area contributed by atoms with Crippen molar-refractivity contribution in [2.45, 2.75) is 32.8 Å². The molecule has 3 fully saturated rings. The Kier molecular flexibility index (Phi) is 2.91. The highest BCUT2D eigenvalue weighted by Crippen LogP contribution is 2.59. The minimum atomic E-state index is -0.334. The number of carbonyl (C=O) groups excluding carboxylic acids is 2. The van der Waals surface area contributed by atoms with Gasteiger partial charge < -0.3 is 9.47 Å². The molecule has 6 unspecified atom stereocenters. The van der Waals surface area contributed by atoms with Crippen LogP contribution in [0.15, 0.2) is 12.2 Å².